The minimum Gasteiger partial charge on any atom is -0.744 e. The maximum atomic E-state index is 14.1. The summed E-state index contributed by atoms with van der Waals surface area (Å²) >= 11 is 0. The van der Waals surface area contributed by atoms with Gasteiger partial charge in [-0.25, -0.2) is 25.3 Å². The predicted octanol–water partition coefficient (Wildman–Crippen LogP) is -6.11. The van der Waals surface area contributed by atoms with Crippen molar-refractivity contribution < 1.29 is 142 Å². The van der Waals surface area contributed by atoms with E-state index in [1.807, 2.05) is 0 Å². The molecule has 0 saturated carbocycles. The summed E-state index contributed by atoms with van der Waals surface area (Å²) < 4.78 is 110. The Hall–Kier alpha value is -5.61. The third-order valence-corrected chi connectivity index (χ3v) is 11.8. The van der Waals surface area contributed by atoms with Crippen LogP contribution in [0, 0.1) is 20.2 Å². The van der Waals surface area contributed by atoms with Crippen LogP contribution >= 0.6 is 0 Å². The zero-order chi connectivity index (χ0) is 48.6. The molecule has 3 N–H and O–H groups in total. The summed E-state index contributed by atoms with van der Waals surface area (Å²) in [4.78, 5) is 59.6. The summed E-state index contributed by atoms with van der Waals surface area (Å²) in [6, 6.07) is 18.5. The Labute approximate surface area is 458 Å². The second kappa shape index (κ2) is 22.6. The molecule has 0 aliphatic heterocycles. The summed E-state index contributed by atoms with van der Waals surface area (Å²) in [7, 11) is -16.1. The zero-order valence-corrected chi connectivity index (χ0v) is 44.2. The summed E-state index contributed by atoms with van der Waals surface area (Å²) in [6.45, 7) is 0. The van der Waals surface area contributed by atoms with Crippen LogP contribution in [0.1, 0.15) is 15.9 Å². The van der Waals surface area contributed by atoms with Gasteiger partial charge in [0.15, 0.2) is 5.36 Å². The van der Waals surface area contributed by atoms with Crippen LogP contribution in [0.25, 0.3) is 16.8 Å². The Morgan fingerprint density at radius 3 is 1.61 bits per heavy atom. The second-order valence-corrected chi connectivity index (χ2v) is 17.6. The van der Waals surface area contributed by atoms with E-state index in [1.165, 1.54) is 36.4 Å². The Morgan fingerprint density at radius 2 is 1.09 bits per heavy atom. The van der Waals surface area contributed by atoms with Gasteiger partial charge in [-0.2, -0.15) is 15.3 Å². The van der Waals surface area contributed by atoms with Crippen LogP contribution in [0.5, 0.6) is 0 Å². The van der Waals surface area contributed by atoms with Crippen molar-refractivity contribution in [3.8, 4) is 0 Å². The van der Waals surface area contributed by atoms with Gasteiger partial charge in [-0.3, -0.25) is 50.9 Å². The third-order valence-electron chi connectivity index (χ3n) is 9.27. The third kappa shape index (κ3) is 12.6. The first-order valence-electron chi connectivity index (χ1n) is 18.1. The molecule has 1 aliphatic carbocycles. The Kier molecular flexibility index (Phi) is 18.4. The Bertz CT molecular complexity index is 3830. The van der Waals surface area contributed by atoms with Crippen molar-refractivity contribution in [3.05, 3.63) is 171 Å². The molecule has 0 radical (unpaired) electrons. The van der Waals surface area contributed by atoms with Crippen molar-refractivity contribution in [1.29, 1.82) is 0 Å². The maximum absolute atomic E-state index is 14.1. The molecule has 0 fully saturated rings. The van der Waals surface area contributed by atoms with Gasteiger partial charge in [0.2, 0.25) is 16.6 Å². The quantitative estimate of drug-likeness (QED) is 0.0318. The number of rotatable bonds is 13. The predicted molar refractivity (Wildman–Crippen MR) is 229 cm³/mol. The fourth-order valence-corrected chi connectivity index (χ4v) is 8.05. The number of allylic oxidation sites excluding steroid dienone is 1. The molecule has 6 aromatic rings. The molecule has 340 valence electrons. The monoisotopic (exact) mass is 1040 g/mol. The summed E-state index contributed by atoms with van der Waals surface area (Å²) in [5.74, 6) is -1.42. The zero-order valence-electron chi connectivity index (χ0n) is 35.8. The SMILES string of the molecule is O=C1/C(=N\Nc2ccc([N+](=O)[O-])cc2)C(S(=O)(=O)[O-])=Cc2cc(S(=O)(=O)[O-])cc(N/N=c3\c(=O)c(N=Nc4ccc(S(=O)(=O)[O-])c5ccccc45)c/c(=N/Nc4ccc([N+](=O)[O-])cc4)c3=O)c21.[Na+].[Na+].[Na+]. The van der Waals surface area contributed by atoms with Gasteiger partial charge >= 0.3 is 88.7 Å². The number of fused-ring (bicyclic) bond motifs is 2. The average molecular weight is 1040 g/mol. The van der Waals surface area contributed by atoms with E-state index in [0.29, 0.717) is 18.2 Å². The molecule has 0 heterocycles. The molecule has 26 nitrogen and oxygen atoms in total. The molecule has 7 rings (SSSR count). The number of hydrogen-bond donors (Lipinski definition) is 3. The van der Waals surface area contributed by atoms with Crippen molar-refractivity contribution in [2.75, 3.05) is 16.3 Å². The molecule has 1 aliphatic rings. The number of nitro groups is 2. The molecule has 32 heteroatoms. The first-order valence-corrected chi connectivity index (χ1v) is 22.3. The van der Waals surface area contributed by atoms with Crippen molar-refractivity contribution >= 4 is 98.5 Å². The number of ketones is 1. The van der Waals surface area contributed by atoms with E-state index in [4.69, 9.17) is 0 Å². The van der Waals surface area contributed by atoms with E-state index in [2.05, 4.69) is 41.8 Å². The van der Waals surface area contributed by atoms with Crippen LogP contribution in [-0.2, 0) is 30.4 Å². The number of carbonyl (C=O) groups is 1. The normalized spacial score (nSPS) is 13.7. The molecule has 0 bridgehead atoms. The maximum Gasteiger partial charge on any atom is 1.00 e. The van der Waals surface area contributed by atoms with Gasteiger partial charge in [-0.05, 0) is 60.2 Å². The summed E-state index contributed by atoms with van der Waals surface area (Å²) in [6.07, 6.45) is 0.512. The average Bonchev–Trinajstić information content (AvgIpc) is 3.26. The van der Waals surface area contributed by atoms with E-state index >= 15 is 0 Å². The van der Waals surface area contributed by atoms with Gasteiger partial charge in [-0.1, -0.05) is 24.3 Å². The number of nitrogens with zero attached hydrogens (tertiary/aromatic N) is 7. The van der Waals surface area contributed by atoms with Crippen molar-refractivity contribution in [3.63, 3.8) is 0 Å². The van der Waals surface area contributed by atoms with Gasteiger partial charge in [-0.15, -0.1) is 10.2 Å². The van der Waals surface area contributed by atoms with Crippen molar-refractivity contribution in [2.24, 2.45) is 25.5 Å². The number of anilines is 3. The number of nitro benzene ring substituents is 2. The molecule has 0 saturated heterocycles. The van der Waals surface area contributed by atoms with Gasteiger partial charge < -0.3 is 13.7 Å². The van der Waals surface area contributed by atoms with Crippen LogP contribution in [0.15, 0.2) is 153 Å². The van der Waals surface area contributed by atoms with Crippen LogP contribution in [0.2, 0.25) is 0 Å². The fourth-order valence-electron chi connectivity index (χ4n) is 6.18. The first-order chi connectivity index (χ1) is 31.5. The van der Waals surface area contributed by atoms with Gasteiger partial charge in [0.25, 0.3) is 11.4 Å². The molecule has 0 unspecified atom stereocenters. The Balaban J connectivity index is 0.00000355. The number of hydrazone groups is 1. The molecular weight excluding hydrogens is 1020 g/mol. The summed E-state index contributed by atoms with van der Waals surface area (Å²) in [5, 5.41) is 39.9. The standard InChI is InChI=1S/C38H24N10O16S3.3Na/c49-36-29(43-39-20-5-9-22(10-6-20)47(52)53)18-30(44-41-27-13-14-31(66(59,60)61)26-4-2-1-3-25(26)27)37(50)35(36)46-42-28-17-24(65(56,57)58)15-19-16-32(67(62,63)64)34(38(51)33(19)28)45-40-21-7-11-23(12-8-21)48(54)55;;;/h1-18,39-40,42H,(H,56,57,58)(H,59,60,61)(H,62,63,64);;;/q;3*+1/p-3/b43-29-,44-41?,45-34-,46-35-;;;. The van der Waals surface area contributed by atoms with Crippen molar-refractivity contribution in [1.82, 2.24) is 0 Å². The van der Waals surface area contributed by atoms with E-state index in [9.17, 15) is 73.5 Å². The van der Waals surface area contributed by atoms with E-state index in [-0.39, 0.29) is 128 Å². The largest absolute Gasteiger partial charge is 1.00 e. The van der Waals surface area contributed by atoms with E-state index in [0.717, 1.165) is 54.6 Å². The second-order valence-electron chi connectivity index (χ2n) is 13.5. The summed E-state index contributed by atoms with van der Waals surface area (Å²) in [5.41, 5.74) is -0.346. The topological polar surface area (TPSA) is 407 Å². The van der Waals surface area contributed by atoms with E-state index < -0.39 is 110 Å². The van der Waals surface area contributed by atoms with Crippen LogP contribution in [-0.4, -0.2) is 60.3 Å². The van der Waals surface area contributed by atoms with Crippen LogP contribution in [0.3, 0.4) is 0 Å². The number of Topliss-reactive ketones (excluding diaryl/α,β-unsaturated/α-hetero) is 1. The minimum atomic E-state index is -5.62. The number of carbonyl (C=O) groups excluding carboxylic acids is 1. The fraction of sp³-hybridized carbons (Fsp3) is 0. The van der Waals surface area contributed by atoms with Gasteiger partial charge in [0.05, 0.1) is 52.9 Å². The van der Waals surface area contributed by atoms with E-state index in [1.54, 1.807) is 0 Å². The smallest absolute Gasteiger partial charge is 0.744 e. The molecule has 70 heavy (non-hydrogen) atoms. The number of nitrogens with one attached hydrogen (secondary N) is 3. The van der Waals surface area contributed by atoms with Crippen LogP contribution < -0.4 is 127 Å². The number of azo groups is 1. The minimum absolute atomic E-state index is 0. The van der Waals surface area contributed by atoms with Gasteiger partial charge in [0, 0.05) is 41.1 Å². The Morgan fingerprint density at radius 1 is 0.543 bits per heavy atom. The first kappa shape index (κ1) is 57.0. The molecule has 0 aromatic heterocycles. The van der Waals surface area contributed by atoms with Crippen LogP contribution in [0.4, 0.5) is 39.8 Å². The number of benzene rings is 6. The number of non-ortho nitro benzene ring substituents is 2. The number of hydrogen-bond acceptors (Lipinski definition) is 24. The molecule has 0 amide bonds. The molecule has 6 aromatic carbocycles. The van der Waals surface area contributed by atoms with Crippen molar-refractivity contribution in [2.45, 2.75) is 9.79 Å². The molecule has 0 atom stereocenters. The molecule has 0 spiro atoms. The van der Waals surface area contributed by atoms with Gasteiger partial charge in [0.1, 0.15) is 47.1 Å². The molecular formula is C38H21N10Na3O16S3.